The second-order valence-electron chi connectivity index (χ2n) is 9.26. The molecule has 4 rings (SSSR count). The summed E-state index contributed by atoms with van der Waals surface area (Å²) < 4.78 is 11.7. The van der Waals surface area contributed by atoms with Crippen LogP contribution in [0.1, 0.15) is 23.7 Å². The SMILES string of the molecule is CCOc1cc2ncc(C#N)c(Nc3ccc(OCc4ccccn4)c(Cl)c3)c2cc1CC(=O)/C=C/CN(C)C. The van der Waals surface area contributed by atoms with E-state index in [0.29, 0.717) is 63.1 Å². The monoisotopic (exact) mass is 555 g/mol. The van der Waals surface area contributed by atoms with Crippen LogP contribution in [0.5, 0.6) is 11.5 Å². The van der Waals surface area contributed by atoms with Crippen LogP contribution in [0.25, 0.3) is 10.9 Å². The summed E-state index contributed by atoms with van der Waals surface area (Å²) in [5.74, 6) is 1.06. The molecule has 0 fully saturated rings. The van der Waals surface area contributed by atoms with E-state index in [1.807, 2.05) is 62.3 Å². The van der Waals surface area contributed by atoms with Crippen molar-refractivity contribution in [1.82, 2.24) is 14.9 Å². The number of hydrogen-bond acceptors (Lipinski definition) is 8. The van der Waals surface area contributed by atoms with E-state index in [1.165, 1.54) is 6.20 Å². The maximum absolute atomic E-state index is 12.7. The van der Waals surface area contributed by atoms with E-state index < -0.39 is 0 Å². The summed E-state index contributed by atoms with van der Waals surface area (Å²) in [7, 11) is 3.88. The van der Waals surface area contributed by atoms with E-state index in [9.17, 15) is 10.1 Å². The first kappa shape index (κ1) is 28.6. The van der Waals surface area contributed by atoms with Gasteiger partial charge in [0.1, 0.15) is 24.2 Å². The number of ketones is 1. The zero-order valence-corrected chi connectivity index (χ0v) is 23.4. The average Bonchev–Trinajstić information content (AvgIpc) is 2.94. The first-order chi connectivity index (χ1) is 19.4. The highest BCUT2D eigenvalue weighted by atomic mass is 35.5. The second kappa shape index (κ2) is 13.6. The molecular weight excluding hydrogens is 526 g/mol. The summed E-state index contributed by atoms with van der Waals surface area (Å²) in [6.45, 7) is 3.28. The highest BCUT2D eigenvalue weighted by Gasteiger charge is 2.16. The molecule has 4 aromatic rings. The van der Waals surface area contributed by atoms with Crippen molar-refractivity contribution in [1.29, 1.82) is 5.26 Å². The number of rotatable bonds is 12. The number of ether oxygens (including phenoxy) is 2. The Morgan fingerprint density at radius 2 is 1.98 bits per heavy atom. The van der Waals surface area contributed by atoms with Crippen molar-refractivity contribution in [2.24, 2.45) is 0 Å². The molecule has 0 aliphatic heterocycles. The summed E-state index contributed by atoms with van der Waals surface area (Å²) in [6.07, 6.45) is 6.79. The number of nitrogens with one attached hydrogen (secondary N) is 1. The Bertz CT molecular complexity index is 1570. The lowest BCUT2D eigenvalue weighted by atomic mass is 10.0. The van der Waals surface area contributed by atoms with E-state index in [-0.39, 0.29) is 18.8 Å². The number of allylic oxidation sites excluding steroid dienone is 1. The largest absolute Gasteiger partial charge is 0.494 e. The van der Waals surface area contributed by atoms with Gasteiger partial charge >= 0.3 is 0 Å². The fourth-order valence-corrected chi connectivity index (χ4v) is 4.26. The molecule has 9 heteroatoms. The second-order valence-corrected chi connectivity index (χ2v) is 9.66. The van der Waals surface area contributed by atoms with Crippen LogP contribution in [0.3, 0.4) is 0 Å². The van der Waals surface area contributed by atoms with Gasteiger partial charge in [0, 0.05) is 48.1 Å². The third-order valence-corrected chi connectivity index (χ3v) is 6.21. The molecule has 204 valence electrons. The van der Waals surface area contributed by atoms with Gasteiger partial charge in [0.2, 0.25) is 0 Å². The predicted molar refractivity (Wildman–Crippen MR) is 157 cm³/mol. The molecule has 2 heterocycles. The highest BCUT2D eigenvalue weighted by molar-refractivity contribution is 6.32. The van der Waals surface area contributed by atoms with Gasteiger partial charge in [-0.3, -0.25) is 14.8 Å². The molecule has 2 aromatic heterocycles. The Kier molecular flexibility index (Phi) is 9.68. The molecular formula is C31H30ClN5O3. The number of nitriles is 1. The summed E-state index contributed by atoms with van der Waals surface area (Å²) in [5, 5.41) is 14.3. The Morgan fingerprint density at radius 1 is 1.12 bits per heavy atom. The van der Waals surface area contributed by atoms with Gasteiger partial charge < -0.3 is 19.7 Å². The number of anilines is 2. The van der Waals surface area contributed by atoms with E-state index in [4.69, 9.17) is 21.1 Å². The molecule has 0 aliphatic carbocycles. The minimum Gasteiger partial charge on any atom is -0.494 e. The van der Waals surface area contributed by atoms with Crippen molar-refractivity contribution in [3.05, 3.63) is 94.9 Å². The molecule has 0 aliphatic rings. The maximum Gasteiger partial charge on any atom is 0.159 e. The fourth-order valence-electron chi connectivity index (χ4n) is 4.03. The maximum atomic E-state index is 12.7. The normalized spacial score (nSPS) is 11.1. The van der Waals surface area contributed by atoms with Crippen LogP contribution in [0.2, 0.25) is 5.02 Å². The van der Waals surface area contributed by atoms with Crippen molar-refractivity contribution >= 4 is 39.7 Å². The Hall–Kier alpha value is -4.45. The van der Waals surface area contributed by atoms with Gasteiger partial charge in [-0.2, -0.15) is 5.26 Å². The number of likely N-dealkylation sites (N-methyl/N-ethyl adjacent to an activating group) is 1. The molecule has 0 spiro atoms. The van der Waals surface area contributed by atoms with Crippen LogP contribution >= 0.6 is 11.6 Å². The number of hydrogen-bond donors (Lipinski definition) is 1. The number of fused-ring (bicyclic) bond motifs is 1. The molecule has 2 aromatic carbocycles. The average molecular weight is 556 g/mol. The van der Waals surface area contributed by atoms with Crippen LogP contribution in [0, 0.1) is 11.3 Å². The van der Waals surface area contributed by atoms with Crippen molar-refractivity contribution in [3.8, 4) is 17.6 Å². The van der Waals surface area contributed by atoms with E-state index in [0.717, 1.165) is 5.69 Å². The summed E-state index contributed by atoms with van der Waals surface area (Å²) in [5.41, 5.74) is 3.71. The first-order valence-corrected chi connectivity index (χ1v) is 13.2. The van der Waals surface area contributed by atoms with Crippen LogP contribution in [0.4, 0.5) is 11.4 Å². The summed E-state index contributed by atoms with van der Waals surface area (Å²) in [6, 6.07) is 16.8. The first-order valence-electron chi connectivity index (χ1n) is 12.8. The van der Waals surface area contributed by atoms with Gasteiger partial charge in [0.15, 0.2) is 5.78 Å². The predicted octanol–water partition coefficient (Wildman–Crippen LogP) is 6.11. The number of halogens is 1. The van der Waals surface area contributed by atoms with Crippen LogP contribution in [-0.2, 0) is 17.8 Å². The summed E-state index contributed by atoms with van der Waals surface area (Å²) in [4.78, 5) is 23.4. The minimum absolute atomic E-state index is 0.0471. The molecule has 0 saturated heterocycles. The van der Waals surface area contributed by atoms with Crippen molar-refractivity contribution in [2.75, 3.05) is 32.6 Å². The van der Waals surface area contributed by atoms with Gasteiger partial charge in [0.25, 0.3) is 0 Å². The lowest BCUT2D eigenvalue weighted by Crippen LogP contribution is -2.11. The van der Waals surface area contributed by atoms with Crippen molar-refractivity contribution in [3.63, 3.8) is 0 Å². The van der Waals surface area contributed by atoms with Gasteiger partial charge in [-0.1, -0.05) is 23.7 Å². The van der Waals surface area contributed by atoms with E-state index in [1.54, 1.807) is 30.5 Å². The Labute approximate surface area is 238 Å². The van der Waals surface area contributed by atoms with Gasteiger partial charge in [-0.05, 0) is 63.5 Å². The number of aromatic nitrogens is 2. The molecule has 0 amide bonds. The molecule has 8 nitrogen and oxygen atoms in total. The number of benzene rings is 2. The number of carbonyl (C=O) groups is 1. The molecule has 0 saturated carbocycles. The molecule has 40 heavy (non-hydrogen) atoms. The van der Waals surface area contributed by atoms with E-state index >= 15 is 0 Å². The van der Waals surface area contributed by atoms with Gasteiger partial charge in [-0.25, -0.2) is 0 Å². The van der Waals surface area contributed by atoms with Crippen LogP contribution < -0.4 is 14.8 Å². The van der Waals surface area contributed by atoms with Crippen LogP contribution in [0.15, 0.2) is 73.1 Å². The third kappa shape index (κ3) is 7.35. The minimum atomic E-state index is -0.0471. The number of carbonyl (C=O) groups excluding carboxylic acids is 1. The van der Waals surface area contributed by atoms with Gasteiger partial charge in [-0.15, -0.1) is 0 Å². The Morgan fingerprint density at radius 3 is 2.67 bits per heavy atom. The quantitative estimate of drug-likeness (QED) is 0.209. The molecule has 0 bridgehead atoms. The molecule has 0 radical (unpaired) electrons. The zero-order chi connectivity index (χ0) is 28.5. The third-order valence-electron chi connectivity index (χ3n) is 5.91. The topological polar surface area (TPSA) is 100 Å². The Balaban J connectivity index is 1.64. The van der Waals surface area contributed by atoms with Gasteiger partial charge in [0.05, 0.1) is 34.1 Å². The van der Waals surface area contributed by atoms with Crippen molar-refractivity contribution < 1.29 is 14.3 Å². The van der Waals surface area contributed by atoms with Crippen LogP contribution in [-0.4, -0.2) is 47.9 Å². The highest BCUT2D eigenvalue weighted by Crippen LogP contribution is 2.36. The zero-order valence-electron chi connectivity index (χ0n) is 22.6. The molecule has 1 N–H and O–H groups in total. The standard InChI is InChI=1S/C31H30ClN5O3/c1-4-39-30-17-28-26(15-21(30)14-25(38)9-7-13-37(2)3)31(22(18-33)19-35-28)36-23-10-11-29(27(32)16-23)40-20-24-8-5-6-12-34-24/h5-12,15-17,19H,4,13-14,20H2,1-3H3,(H,35,36)/b9-7+. The number of nitrogens with zero attached hydrogens (tertiary/aromatic N) is 4. The lowest BCUT2D eigenvalue weighted by molar-refractivity contribution is -0.114. The molecule has 0 unspecified atom stereocenters. The number of pyridine rings is 2. The van der Waals surface area contributed by atoms with E-state index in [2.05, 4.69) is 21.4 Å². The fraction of sp³-hybridized carbons (Fsp3) is 0.226. The smallest absolute Gasteiger partial charge is 0.159 e. The lowest BCUT2D eigenvalue weighted by Gasteiger charge is -2.16. The molecule has 0 atom stereocenters. The van der Waals surface area contributed by atoms with Crippen molar-refractivity contribution in [2.45, 2.75) is 20.0 Å². The summed E-state index contributed by atoms with van der Waals surface area (Å²) >= 11 is 6.53.